The van der Waals surface area contributed by atoms with E-state index in [2.05, 4.69) is 0 Å². The summed E-state index contributed by atoms with van der Waals surface area (Å²) in [6, 6.07) is 64.6. The second-order valence-corrected chi connectivity index (χ2v) is 23.2. The summed E-state index contributed by atoms with van der Waals surface area (Å²) in [6.45, 7) is 3.76. The molecule has 0 unspecified atom stereocenters. The van der Waals surface area contributed by atoms with Crippen molar-refractivity contribution in [3.63, 3.8) is 0 Å². The molecule has 0 amide bonds. The molecule has 8 aromatic carbocycles. The van der Waals surface area contributed by atoms with Crippen LogP contribution in [0.5, 0.6) is 11.5 Å². The average Bonchev–Trinajstić information content (AvgIpc) is 3.35. The fourth-order valence-corrected chi connectivity index (χ4v) is 18.0. The van der Waals surface area contributed by atoms with Gasteiger partial charge in [0.15, 0.2) is 0 Å². The van der Waals surface area contributed by atoms with Crippen LogP contribution in [-0.4, -0.2) is 25.6 Å². The van der Waals surface area contributed by atoms with Gasteiger partial charge in [-0.3, -0.25) is 0 Å². The SMILES string of the molecule is CCOc1ccc(C(c2ccc(OCC)c(C[P+](c3ccccc3)(c3ccccc3)c3ccccc3)c2)(C(F)(F)F)C(F)(F)F)cc1C[P+](c1ccccc1)(c1ccccc1)c1ccccc1. The molecule has 67 heavy (non-hydrogen) atoms. The van der Waals surface area contributed by atoms with E-state index in [1.165, 1.54) is 12.1 Å². The van der Waals surface area contributed by atoms with Gasteiger partial charge >= 0.3 is 12.4 Å². The Morgan fingerprint density at radius 2 is 0.582 bits per heavy atom. The van der Waals surface area contributed by atoms with Crippen LogP contribution in [0.3, 0.4) is 0 Å². The number of hydrogen-bond acceptors (Lipinski definition) is 2. The topological polar surface area (TPSA) is 18.5 Å². The predicted molar refractivity (Wildman–Crippen MR) is 266 cm³/mol. The number of benzene rings is 8. The molecule has 0 radical (unpaired) electrons. The summed E-state index contributed by atoms with van der Waals surface area (Å²) in [7, 11) is -5.68. The van der Waals surface area contributed by atoms with Crippen LogP contribution in [0.25, 0.3) is 0 Å². The molecule has 0 fully saturated rings. The standard InChI is InChI=1S/C57H50F6O2P2/c1-3-64-53-37-35-45(39-43(53)41-66(47-23-11-5-12-24-47,48-25-13-6-14-26-48)49-27-15-7-16-28-49)55(56(58,59)60,57(61,62)63)46-36-38-54(65-4-2)44(40-46)42-67(50-29-17-8-18-30-50,51-31-19-9-20-32-51)52-33-21-10-22-34-52/h5-40H,3-4,41-42H2,1-2H3/q+2. The number of hydrogen-bond donors (Lipinski definition) is 0. The zero-order valence-electron chi connectivity index (χ0n) is 37.1. The Balaban J connectivity index is 1.40. The average molecular weight is 943 g/mol. The number of halogens is 6. The largest absolute Gasteiger partial charge is 0.493 e. The Bertz CT molecular complexity index is 2450. The zero-order chi connectivity index (χ0) is 47.1. The first-order chi connectivity index (χ1) is 32.4. The molecule has 0 aromatic heterocycles. The molecule has 340 valence electrons. The quantitative estimate of drug-likeness (QED) is 0.0710. The van der Waals surface area contributed by atoms with Gasteiger partial charge in [-0.2, -0.15) is 26.3 Å². The summed E-state index contributed by atoms with van der Waals surface area (Å²) in [5.41, 5.74) is -5.92. The van der Waals surface area contributed by atoms with E-state index < -0.39 is 43.4 Å². The Hall–Kier alpha value is -6.20. The van der Waals surface area contributed by atoms with Crippen molar-refractivity contribution >= 4 is 46.4 Å². The molecule has 0 bridgehead atoms. The highest BCUT2D eigenvalue weighted by atomic mass is 31.2. The van der Waals surface area contributed by atoms with Crippen molar-refractivity contribution in [3.8, 4) is 11.5 Å². The summed E-state index contributed by atoms with van der Waals surface area (Å²) in [5.74, 6) is 0.430. The lowest BCUT2D eigenvalue weighted by Crippen LogP contribution is -2.54. The highest BCUT2D eigenvalue weighted by Crippen LogP contribution is 2.63. The first-order valence-electron chi connectivity index (χ1n) is 22.2. The minimum Gasteiger partial charge on any atom is -0.493 e. The molecule has 2 nitrogen and oxygen atoms in total. The maximum Gasteiger partial charge on any atom is 0.411 e. The molecule has 0 N–H and O–H groups in total. The van der Waals surface area contributed by atoms with Gasteiger partial charge in [0.25, 0.3) is 0 Å². The van der Waals surface area contributed by atoms with Crippen molar-refractivity contribution < 1.29 is 35.8 Å². The lowest BCUT2D eigenvalue weighted by Gasteiger charge is -2.39. The lowest BCUT2D eigenvalue weighted by molar-refractivity contribution is -0.288. The first kappa shape index (κ1) is 47.3. The summed E-state index contributed by atoms with van der Waals surface area (Å²) >= 11 is 0. The maximum absolute atomic E-state index is 16.5. The fraction of sp³-hybridized carbons (Fsp3) is 0.158. The molecule has 0 aliphatic rings. The van der Waals surface area contributed by atoms with Crippen molar-refractivity contribution in [3.05, 3.63) is 241 Å². The van der Waals surface area contributed by atoms with Gasteiger partial charge in [-0.05, 0) is 122 Å². The van der Waals surface area contributed by atoms with Crippen molar-refractivity contribution in [2.24, 2.45) is 0 Å². The van der Waals surface area contributed by atoms with Crippen molar-refractivity contribution in [2.75, 3.05) is 13.2 Å². The van der Waals surface area contributed by atoms with E-state index in [4.69, 9.17) is 9.47 Å². The van der Waals surface area contributed by atoms with Gasteiger partial charge in [-0.1, -0.05) is 121 Å². The van der Waals surface area contributed by atoms with Crippen LogP contribution in [-0.2, 0) is 17.7 Å². The third-order valence-electron chi connectivity index (χ3n) is 12.4. The molecular weight excluding hydrogens is 893 g/mol. The van der Waals surface area contributed by atoms with E-state index in [-0.39, 0.29) is 48.2 Å². The summed E-state index contributed by atoms with van der Waals surface area (Å²) < 4.78 is 111. The number of rotatable bonds is 16. The molecule has 0 saturated heterocycles. The van der Waals surface area contributed by atoms with Gasteiger partial charge in [0.1, 0.15) is 70.2 Å². The minimum atomic E-state index is -5.87. The van der Waals surface area contributed by atoms with Crippen LogP contribution in [0.2, 0.25) is 0 Å². The highest BCUT2D eigenvalue weighted by molar-refractivity contribution is 7.95. The van der Waals surface area contributed by atoms with Crippen LogP contribution in [0.1, 0.15) is 36.1 Å². The van der Waals surface area contributed by atoms with Crippen LogP contribution >= 0.6 is 14.5 Å². The van der Waals surface area contributed by atoms with E-state index in [9.17, 15) is 0 Å². The predicted octanol–water partition coefficient (Wildman–Crippen LogP) is 12.9. The van der Waals surface area contributed by atoms with E-state index in [1.54, 1.807) is 13.8 Å². The van der Waals surface area contributed by atoms with E-state index in [0.29, 0.717) is 0 Å². The molecule has 8 aromatic rings. The monoisotopic (exact) mass is 942 g/mol. The molecular formula is C57H50F6O2P2+2. The highest BCUT2D eigenvalue weighted by Gasteiger charge is 2.73. The van der Waals surface area contributed by atoms with Crippen molar-refractivity contribution in [1.29, 1.82) is 0 Å². The van der Waals surface area contributed by atoms with Crippen LogP contribution in [0.4, 0.5) is 26.3 Å². The fourth-order valence-electron chi connectivity index (χ4n) is 9.50. The van der Waals surface area contributed by atoms with E-state index in [1.807, 2.05) is 182 Å². The smallest absolute Gasteiger partial charge is 0.411 e. The Kier molecular flexibility index (Phi) is 14.1. The Morgan fingerprint density at radius 1 is 0.343 bits per heavy atom. The molecule has 0 atom stereocenters. The van der Waals surface area contributed by atoms with Crippen LogP contribution < -0.4 is 41.3 Å². The minimum absolute atomic E-state index is 0.0762. The van der Waals surface area contributed by atoms with Gasteiger partial charge in [-0.15, -0.1) is 0 Å². The summed E-state index contributed by atoms with van der Waals surface area (Å²) in [5, 5.41) is 5.48. The van der Waals surface area contributed by atoms with Crippen LogP contribution in [0, 0.1) is 0 Å². The van der Waals surface area contributed by atoms with Crippen molar-refractivity contribution in [2.45, 2.75) is 43.9 Å². The number of ether oxygens (including phenoxy) is 2. The maximum atomic E-state index is 16.5. The summed E-state index contributed by atoms with van der Waals surface area (Å²) in [4.78, 5) is 0. The van der Waals surface area contributed by atoms with Gasteiger partial charge < -0.3 is 9.47 Å². The third kappa shape index (κ3) is 8.90. The van der Waals surface area contributed by atoms with Gasteiger partial charge in [0.2, 0.25) is 5.41 Å². The Labute approximate surface area is 390 Å². The molecule has 0 aliphatic carbocycles. The van der Waals surface area contributed by atoms with Crippen molar-refractivity contribution in [1.82, 2.24) is 0 Å². The second-order valence-electron chi connectivity index (χ2n) is 16.2. The normalized spacial score (nSPS) is 12.4. The van der Waals surface area contributed by atoms with E-state index in [0.717, 1.165) is 56.1 Å². The second kappa shape index (κ2) is 20.0. The third-order valence-corrected chi connectivity index (χ3v) is 21.1. The molecule has 8 rings (SSSR count). The zero-order valence-corrected chi connectivity index (χ0v) is 38.9. The molecule has 0 saturated carbocycles. The molecule has 0 spiro atoms. The number of alkyl halides is 6. The van der Waals surface area contributed by atoms with Crippen LogP contribution in [0.15, 0.2) is 218 Å². The van der Waals surface area contributed by atoms with Gasteiger partial charge in [-0.25, -0.2) is 0 Å². The summed E-state index contributed by atoms with van der Waals surface area (Å²) in [6.07, 6.45) is -11.6. The molecule has 0 aliphatic heterocycles. The lowest BCUT2D eigenvalue weighted by atomic mass is 9.72. The van der Waals surface area contributed by atoms with Gasteiger partial charge in [0, 0.05) is 11.1 Å². The van der Waals surface area contributed by atoms with Gasteiger partial charge in [0.05, 0.1) is 13.2 Å². The van der Waals surface area contributed by atoms with E-state index >= 15 is 26.3 Å². The first-order valence-corrected chi connectivity index (χ1v) is 26.1. The molecule has 0 heterocycles. The Morgan fingerprint density at radius 3 is 0.791 bits per heavy atom. The molecule has 10 heteroatoms.